The van der Waals surface area contributed by atoms with Crippen LogP contribution in [0.25, 0.3) is 11.0 Å². The molecule has 0 unspecified atom stereocenters. The smallest absolute Gasteiger partial charge is 0.0890 e. The zero-order valence-electron chi connectivity index (χ0n) is 8.72. The summed E-state index contributed by atoms with van der Waals surface area (Å²) >= 11 is 0. The van der Waals surface area contributed by atoms with Crippen LogP contribution in [-0.4, -0.2) is 21.2 Å². The van der Waals surface area contributed by atoms with Crippen molar-refractivity contribution in [3.8, 4) is 0 Å². The van der Waals surface area contributed by atoms with Crippen LogP contribution in [0.15, 0.2) is 30.5 Å². The number of nitrogens with zero attached hydrogens (tertiary/aromatic N) is 2. The number of aliphatic hydroxyl groups excluding tert-OH is 1. The summed E-state index contributed by atoms with van der Waals surface area (Å²) in [7, 11) is 0. The predicted octanol–water partition coefficient (Wildman–Crippen LogP) is 1.94. The third kappa shape index (κ3) is 2.50. The molecule has 1 aromatic heterocycles. The summed E-state index contributed by atoms with van der Waals surface area (Å²) in [4.78, 5) is 8.79. The van der Waals surface area contributed by atoms with Crippen LogP contribution in [0.1, 0.15) is 19.0 Å². The molecule has 0 radical (unpaired) electrons. The van der Waals surface area contributed by atoms with Crippen molar-refractivity contribution in [3.05, 3.63) is 36.2 Å². The Morgan fingerprint density at radius 2 is 2.00 bits per heavy atom. The SMILES string of the molecule is C[C@H](O)CCc1cnc2ccccc2n1. The van der Waals surface area contributed by atoms with Crippen molar-refractivity contribution in [1.82, 2.24) is 9.97 Å². The van der Waals surface area contributed by atoms with E-state index < -0.39 is 0 Å². The Morgan fingerprint density at radius 3 is 2.73 bits per heavy atom. The van der Waals surface area contributed by atoms with Gasteiger partial charge in [-0.25, -0.2) is 4.98 Å². The Hall–Kier alpha value is -1.48. The number of benzene rings is 1. The fourth-order valence-electron chi connectivity index (χ4n) is 1.47. The molecule has 0 aliphatic heterocycles. The van der Waals surface area contributed by atoms with E-state index in [1.165, 1.54) is 0 Å². The Labute approximate surface area is 88.8 Å². The van der Waals surface area contributed by atoms with Crippen LogP contribution >= 0.6 is 0 Å². The van der Waals surface area contributed by atoms with Gasteiger partial charge in [0.1, 0.15) is 0 Å². The molecule has 78 valence electrons. The highest BCUT2D eigenvalue weighted by atomic mass is 16.3. The first-order valence-electron chi connectivity index (χ1n) is 5.14. The highest BCUT2D eigenvalue weighted by Gasteiger charge is 2.01. The molecule has 0 aliphatic carbocycles. The lowest BCUT2D eigenvalue weighted by Crippen LogP contribution is -2.03. The molecule has 0 aliphatic rings. The summed E-state index contributed by atoms with van der Waals surface area (Å²) in [6.45, 7) is 1.79. The second-order valence-electron chi connectivity index (χ2n) is 3.74. The van der Waals surface area contributed by atoms with Crippen LogP contribution in [0.3, 0.4) is 0 Å². The monoisotopic (exact) mass is 202 g/mol. The number of hydrogen-bond acceptors (Lipinski definition) is 3. The van der Waals surface area contributed by atoms with Gasteiger partial charge in [0, 0.05) is 6.20 Å². The second kappa shape index (κ2) is 4.36. The van der Waals surface area contributed by atoms with Gasteiger partial charge >= 0.3 is 0 Å². The van der Waals surface area contributed by atoms with Crippen molar-refractivity contribution < 1.29 is 5.11 Å². The zero-order valence-corrected chi connectivity index (χ0v) is 8.72. The Morgan fingerprint density at radius 1 is 1.27 bits per heavy atom. The number of aromatic nitrogens is 2. The van der Waals surface area contributed by atoms with Gasteiger partial charge in [0.25, 0.3) is 0 Å². The molecule has 15 heavy (non-hydrogen) atoms. The highest BCUT2D eigenvalue weighted by Crippen LogP contribution is 2.09. The van der Waals surface area contributed by atoms with E-state index in [1.807, 2.05) is 24.3 Å². The van der Waals surface area contributed by atoms with E-state index in [0.717, 1.165) is 29.6 Å². The average Bonchev–Trinajstić information content (AvgIpc) is 2.26. The maximum absolute atomic E-state index is 9.18. The zero-order chi connectivity index (χ0) is 10.7. The van der Waals surface area contributed by atoms with E-state index in [0.29, 0.717) is 0 Å². The summed E-state index contributed by atoms with van der Waals surface area (Å²) in [5, 5.41) is 9.18. The summed E-state index contributed by atoms with van der Waals surface area (Å²) in [5.74, 6) is 0. The van der Waals surface area contributed by atoms with Crippen molar-refractivity contribution in [2.45, 2.75) is 25.9 Å². The lowest BCUT2D eigenvalue weighted by Gasteiger charge is -2.04. The summed E-state index contributed by atoms with van der Waals surface area (Å²) in [6.07, 6.45) is 3.01. The minimum atomic E-state index is -0.279. The number of rotatable bonds is 3. The van der Waals surface area contributed by atoms with Gasteiger partial charge in [-0.05, 0) is 31.9 Å². The van der Waals surface area contributed by atoms with E-state index in [1.54, 1.807) is 13.1 Å². The van der Waals surface area contributed by atoms with Gasteiger partial charge in [-0.15, -0.1) is 0 Å². The van der Waals surface area contributed by atoms with Crippen molar-refractivity contribution in [2.75, 3.05) is 0 Å². The Balaban J connectivity index is 2.23. The van der Waals surface area contributed by atoms with Gasteiger partial charge in [-0.3, -0.25) is 4.98 Å². The third-order valence-electron chi connectivity index (χ3n) is 2.32. The molecule has 0 fully saturated rings. The first-order valence-corrected chi connectivity index (χ1v) is 5.14. The quantitative estimate of drug-likeness (QED) is 0.827. The molecule has 1 atom stereocenters. The normalized spacial score (nSPS) is 12.9. The first kappa shape index (κ1) is 10.1. The number of para-hydroxylation sites is 2. The molecule has 1 heterocycles. The molecular formula is C12H14N2O. The maximum Gasteiger partial charge on any atom is 0.0890 e. The van der Waals surface area contributed by atoms with E-state index in [2.05, 4.69) is 9.97 Å². The molecule has 1 aromatic carbocycles. The van der Waals surface area contributed by atoms with Gasteiger partial charge in [0.15, 0.2) is 0 Å². The Bertz CT molecular complexity index is 454. The molecule has 3 heteroatoms. The molecular weight excluding hydrogens is 188 g/mol. The summed E-state index contributed by atoms with van der Waals surface area (Å²) in [5.41, 5.74) is 2.77. The van der Waals surface area contributed by atoms with E-state index >= 15 is 0 Å². The molecule has 2 aromatic rings. The molecule has 0 spiro atoms. The van der Waals surface area contributed by atoms with Crippen molar-refractivity contribution in [2.24, 2.45) is 0 Å². The van der Waals surface area contributed by atoms with Crippen molar-refractivity contribution in [3.63, 3.8) is 0 Å². The molecule has 3 nitrogen and oxygen atoms in total. The van der Waals surface area contributed by atoms with Crippen LogP contribution in [0.2, 0.25) is 0 Å². The number of hydrogen-bond donors (Lipinski definition) is 1. The number of aryl methyl sites for hydroxylation is 1. The Kier molecular flexibility index (Phi) is 2.92. The molecule has 2 rings (SSSR count). The van der Waals surface area contributed by atoms with Gasteiger partial charge in [0.05, 0.1) is 22.8 Å². The van der Waals surface area contributed by atoms with Crippen LogP contribution < -0.4 is 0 Å². The molecule has 1 N–H and O–H groups in total. The van der Waals surface area contributed by atoms with Crippen LogP contribution in [0.4, 0.5) is 0 Å². The third-order valence-corrected chi connectivity index (χ3v) is 2.32. The topological polar surface area (TPSA) is 46.0 Å². The maximum atomic E-state index is 9.18. The van der Waals surface area contributed by atoms with E-state index in [-0.39, 0.29) is 6.10 Å². The lowest BCUT2D eigenvalue weighted by molar-refractivity contribution is 0.184. The predicted molar refractivity (Wildman–Crippen MR) is 59.5 cm³/mol. The fourth-order valence-corrected chi connectivity index (χ4v) is 1.47. The minimum Gasteiger partial charge on any atom is -0.393 e. The lowest BCUT2D eigenvalue weighted by atomic mass is 10.2. The second-order valence-corrected chi connectivity index (χ2v) is 3.74. The van der Waals surface area contributed by atoms with Gasteiger partial charge in [-0.2, -0.15) is 0 Å². The summed E-state index contributed by atoms with van der Waals surface area (Å²) in [6, 6.07) is 7.80. The molecule has 0 saturated carbocycles. The van der Waals surface area contributed by atoms with Gasteiger partial charge < -0.3 is 5.11 Å². The molecule has 0 saturated heterocycles. The van der Waals surface area contributed by atoms with Gasteiger partial charge in [-0.1, -0.05) is 12.1 Å². The fraction of sp³-hybridized carbons (Fsp3) is 0.333. The minimum absolute atomic E-state index is 0.279. The first-order chi connectivity index (χ1) is 7.25. The standard InChI is InChI=1S/C12H14N2O/c1-9(15)6-7-10-8-13-11-4-2-3-5-12(11)14-10/h2-5,8-9,15H,6-7H2,1H3/t9-/m0/s1. The summed E-state index contributed by atoms with van der Waals surface area (Å²) < 4.78 is 0. The van der Waals surface area contributed by atoms with E-state index in [4.69, 9.17) is 0 Å². The van der Waals surface area contributed by atoms with E-state index in [9.17, 15) is 5.11 Å². The molecule has 0 amide bonds. The van der Waals surface area contributed by atoms with Crippen LogP contribution in [0.5, 0.6) is 0 Å². The number of aliphatic hydroxyl groups is 1. The van der Waals surface area contributed by atoms with Crippen LogP contribution in [-0.2, 0) is 6.42 Å². The number of fused-ring (bicyclic) bond motifs is 1. The molecule has 0 bridgehead atoms. The average molecular weight is 202 g/mol. The van der Waals surface area contributed by atoms with Gasteiger partial charge in [0.2, 0.25) is 0 Å². The van der Waals surface area contributed by atoms with Crippen molar-refractivity contribution in [1.29, 1.82) is 0 Å². The largest absolute Gasteiger partial charge is 0.393 e. The highest BCUT2D eigenvalue weighted by molar-refractivity contribution is 5.73. The van der Waals surface area contributed by atoms with Crippen LogP contribution in [0, 0.1) is 0 Å². The van der Waals surface area contributed by atoms with Crippen molar-refractivity contribution >= 4 is 11.0 Å².